The van der Waals surface area contributed by atoms with Crippen molar-refractivity contribution in [2.75, 3.05) is 0 Å². The minimum Gasteiger partial charge on any atom is -0.267 e. The third-order valence-corrected chi connectivity index (χ3v) is 5.20. The predicted molar refractivity (Wildman–Crippen MR) is 128 cm³/mol. The molecule has 5 aromatic rings. The van der Waals surface area contributed by atoms with Crippen molar-refractivity contribution in [3.8, 4) is 5.69 Å². The molecule has 0 bridgehead atoms. The van der Waals surface area contributed by atoms with Gasteiger partial charge in [0.15, 0.2) is 5.65 Å². The molecule has 2 aromatic carbocycles. The van der Waals surface area contributed by atoms with E-state index in [1.54, 1.807) is 23.2 Å². The molecular weight excluding hydrogens is 396 g/mol. The average molecular weight is 416 g/mol. The van der Waals surface area contributed by atoms with Crippen molar-refractivity contribution in [3.63, 3.8) is 0 Å². The van der Waals surface area contributed by atoms with Crippen LogP contribution in [0.1, 0.15) is 22.4 Å². The molecule has 0 aliphatic carbocycles. The van der Waals surface area contributed by atoms with E-state index in [4.69, 9.17) is 0 Å². The summed E-state index contributed by atoms with van der Waals surface area (Å²) in [4.78, 5) is 26.7. The van der Waals surface area contributed by atoms with Gasteiger partial charge in [0, 0.05) is 25.0 Å². The van der Waals surface area contributed by atoms with Crippen molar-refractivity contribution >= 4 is 23.3 Å². The van der Waals surface area contributed by atoms with Gasteiger partial charge in [-0.1, -0.05) is 54.6 Å². The quantitative estimate of drug-likeness (QED) is 0.407. The zero-order chi connectivity index (χ0) is 21.8. The van der Waals surface area contributed by atoms with Gasteiger partial charge in [-0.3, -0.25) is 14.3 Å². The van der Waals surface area contributed by atoms with Gasteiger partial charge >= 0.3 is 0 Å². The second-order valence-corrected chi connectivity index (χ2v) is 7.42. The van der Waals surface area contributed by atoms with Crippen molar-refractivity contribution in [2.45, 2.75) is 6.42 Å². The normalized spacial score (nSPS) is 11.2. The second-order valence-electron chi connectivity index (χ2n) is 7.42. The first kappa shape index (κ1) is 19.6. The fourth-order valence-corrected chi connectivity index (χ4v) is 3.64. The van der Waals surface area contributed by atoms with Crippen LogP contribution in [0, 0.1) is 0 Å². The maximum atomic E-state index is 13.5. The molecule has 3 heterocycles. The molecule has 0 saturated heterocycles. The van der Waals surface area contributed by atoms with Crippen molar-refractivity contribution in [3.05, 3.63) is 130 Å². The van der Waals surface area contributed by atoms with E-state index in [0.29, 0.717) is 23.3 Å². The molecule has 32 heavy (non-hydrogen) atoms. The van der Waals surface area contributed by atoms with Gasteiger partial charge in [0.1, 0.15) is 11.2 Å². The molecule has 3 aromatic heterocycles. The Morgan fingerprint density at radius 2 is 1.59 bits per heavy atom. The van der Waals surface area contributed by atoms with Crippen LogP contribution in [0.3, 0.4) is 0 Å². The fourth-order valence-electron chi connectivity index (χ4n) is 3.64. The highest BCUT2D eigenvalue weighted by atomic mass is 16.1. The molecule has 0 saturated carbocycles. The van der Waals surface area contributed by atoms with E-state index >= 15 is 0 Å². The standard InChI is InChI=1S/C27H20N4O/c32-27-25(19-21-6-2-1-3-7-21)30-24-10-5-15-29-26(24)31(27)23-9-4-8-22(18-23)12-11-20-13-16-28-17-14-20/h1-18H,19H2/b12-11+. The third-order valence-electron chi connectivity index (χ3n) is 5.20. The number of hydrogen-bond acceptors (Lipinski definition) is 4. The van der Waals surface area contributed by atoms with Crippen LogP contribution in [0.25, 0.3) is 29.0 Å². The lowest BCUT2D eigenvalue weighted by Gasteiger charge is -2.12. The zero-order valence-electron chi connectivity index (χ0n) is 17.3. The van der Waals surface area contributed by atoms with Gasteiger partial charge in [-0.15, -0.1) is 0 Å². The molecule has 5 heteroatoms. The smallest absolute Gasteiger partial charge is 0.267 e. The molecular formula is C27H20N4O. The highest BCUT2D eigenvalue weighted by Gasteiger charge is 2.14. The van der Waals surface area contributed by atoms with E-state index in [1.807, 2.05) is 91.0 Å². The Bertz CT molecular complexity index is 1460. The zero-order valence-corrected chi connectivity index (χ0v) is 17.3. The fraction of sp³-hybridized carbons (Fsp3) is 0.0370. The maximum absolute atomic E-state index is 13.5. The highest BCUT2D eigenvalue weighted by molar-refractivity contribution is 5.74. The third kappa shape index (κ3) is 4.09. The molecule has 154 valence electrons. The van der Waals surface area contributed by atoms with Gasteiger partial charge in [-0.2, -0.15) is 0 Å². The van der Waals surface area contributed by atoms with E-state index in [9.17, 15) is 4.79 Å². The molecule has 0 aliphatic heterocycles. The predicted octanol–water partition coefficient (Wildman–Crippen LogP) is 4.94. The van der Waals surface area contributed by atoms with Crippen LogP contribution in [-0.2, 0) is 6.42 Å². The van der Waals surface area contributed by atoms with Crippen LogP contribution < -0.4 is 5.56 Å². The van der Waals surface area contributed by atoms with E-state index in [1.165, 1.54) is 0 Å². The number of benzene rings is 2. The Hall–Kier alpha value is -4.38. The van der Waals surface area contributed by atoms with Crippen LogP contribution in [0.5, 0.6) is 0 Å². The van der Waals surface area contributed by atoms with Gasteiger partial charge in [-0.05, 0) is 53.1 Å². The summed E-state index contributed by atoms with van der Waals surface area (Å²) in [6.45, 7) is 0. The lowest BCUT2D eigenvalue weighted by molar-refractivity contribution is 0.927. The molecule has 0 N–H and O–H groups in total. The molecule has 0 spiro atoms. The first-order valence-corrected chi connectivity index (χ1v) is 10.4. The van der Waals surface area contributed by atoms with Crippen LogP contribution in [0.4, 0.5) is 0 Å². The molecule has 0 fully saturated rings. The maximum Gasteiger partial charge on any atom is 0.278 e. The Labute approximate surface area is 185 Å². The number of hydrogen-bond donors (Lipinski definition) is 0. The second kappa shape index (κ2) is 8.78. The summed E-state index contributed by atoms with van der Waals surface area (Å²) < 4.78 is 1.66. The first-order valence-electron chi connectivity index (χ1n) is 10.4. The van der Waals surface area contributed by atoms with Crippen molar-refractivity contribution in [2.24, 2.45) is 0 Å². The van der Waals surface area contributed by atoms with E-state index in [0.717, 1.165) is 22.4 Å². The van der Waals surface area contributed by atoms with Gasteiger partial charge in [0.05, 0.1) is 5.69 Å². The Balaban J connectivity index is 1.61. The van der Waals surface area contributed by atoms with Crippen LogP contribution in [0.2, 0.25) is 0 Å². The topological polar surface area (TPSA) is 60.7 Å². The first-order chi connectivity index (χ1) is 15.8. The van der Waals surface area contributed by atoms with E-state index in [-0.39, 0.29) is 5.56 Å². The van der Waals surface area contributed by atoms with Gasteiger partial charge in [0.25, 0.3) is 5.56 Å². The van der Waals surface area contributed by atoms with Gasteiger partial charge in [-0.25, -0.2) is 9.97 Å². The summed E-state index contributed by atoms with van der Waals surface area (Å²) in [6, 6.07) is 25.4. The summed E-state index contributed by atoms with van der Waals surface area (Å²) >= 11 is 0. The molecule has 0 amide bonds. The Morgan fingerprint density at radius 1 is 0.781 bits per heavy atom. The average Bonchev–Trinajstić information content (AvgIpc) is 2.85. The number of aromatic nitrogens is 4. The highest BCUT2D eigenvalue weighted by Crippen LogP contribution is 2.17. The van der Waals surface area contributed by atoms with Crippen LogP contribution in [-0.4, -0.2) is 19.5 Å². The summed E-state index contributed by atoms with van der Waals surface area (Å²) in [5.41, 5.74) is 5.42. The Morgan fingerprint density at radius 3 is 2.44 bits per heavy atom. The molecule has 0 aliphatic rings. The van der Waals surface area contributed by atoms with Crippen molar-refractivity contribution in [1.29, 1.82) is 0 Å². The lowest BCUT2D eigenvalue weighted by Crippen LogP contribution is -2.25. The van der Waals surface area contributed by atoms with Crippen LogP contribution >= 0.6 is 0 Å². The summed E-state index contributed by atoms with van der Waals surface area (Å²) in [5, 5.41) is 0. The monoisotopic (exact) mass is 416 g/mol. The molecule has 0 atom stereocenters. The summed E-state index contributed by atoms with van der Waals surface area (Å²) in [6.07, 6.45) is 9.71. The summed E-state index contributed by atoms with van der Waals surface area (Å²) in [5.74, 6) is 0. The van der Waals surface area contributed by atoms with Crippen molar-refractivity contribution < 1.29 is 0 Å². The van der Waals surface area contributed by atoms with Crippen LogP contribution in [0.15, 0.2) is 102 Å². The van der Waals surface area contributed by atoms with Crippen molar-refractivity contribution in [1.82, 2.24) is 19.5 Å². The molecule has 0 unspecified atom stereocenters. The number of rotatable bonds is 5. The largest absolute Gasteiger partial charge is 0.278 e. The minimum absolute atomic E-state index is 0.157. The molecule has 5 nitrogen and oxygen atoms in total. The number of fused-ring (bicyclic) bond motifs is 1. The van der Waals surface area contributed by atoms with Gasteiger partial charge < -0.3 is 0 Å². The lowest BCUT2D eigenvalue weighted by atomic mass is 10.1. The molecule has 0 radical (unpaired) electrons. The SMILES string of the molecule is O=c1c(Cc2ccccc2)nc2cccnc2n1-c1cccc(/C=C/c2ccncc2)c1. The number of nitrogens with zero attached hydrogens (tertiary/aromatic N) is 4. The number of pyridine rings is 2. The molecule has 5 rings (SSSR count). The van der Waals surface area contributed by atoms with E-state index in [2.05, 4.69) is 15.0 Å². The minimum atomic E-state index is -0.157. The summed E-state index contributed by atoms with van der Waals surface area (Å²) in [7, 11) is 0. The van der Waals surface area contributed by atoms with Gasteiger partial charge in [0.2, 0.25) is 0 Å². The Kier molecular flexibility index (Phi) is 5.37. The van der Waals surface area contributed by atoms with E-state index < -0.39 is 0 Å².